The minimum Gasteiger partial charge on any atom is -0.598 e. The van der Waals surface area contributed by atoms with Crippen molar-refractivity contribution in [3.8, 4) is 0 Å². The van der Waals surface area contributed by atoms with Crippen molar-refractivity contribution >= 4 is 34.6 Å². The van der Waals surface area contributed by atoms with Crippen molar-refractivity contribution in [2.45, 2.75) is 44.4 Å². The van der Waals surface area contributed by atoms with E-state index in [1.54, 1.807) is 12.1 Å². The van der Waals surface area contributed by atoms with Crippen LogP contribution in [-0.2, 0) is 17.8 Å². The predicted octanol–water partition coefficient (Wildman–Crippen LogP) is 6.00. The van der Waals surface area contributed by atoms with Crippen LogP contribution in [0, 0.1) is 11.6 Å². The standard InChI is InChI=1S/C19H21Cl2F2NOS/c1-19(2,3)26(25)24-16(11-6-12-4-7-13(20)8-5-12)14-9-10-15(22)17(21)18(14)23/h4-5,7-10,16,24H,6,11H2,1-3H3. The fraction of sp³-hybridized carbons (Fsp3) is 0.368. The van der Waals surface area contributed by atoms with E-state index >= 15 is 0 Å². The molecule has 0 aliphatic carbocycles. The fourth-order valence-electron chi connectivity index (χ4n) is 2.36. The number of aryl methyl sites for hydroxylation is 1. The van der Waals surface area contributed by atoms with Gasteiger partial charge < -0.3 is 4.55 Å². The van der Waals surface area contributed by atoms with Crippen LogP contribution in [0.5, 0.6) is 0 Å². The van der Waals surface area contributed by atoms with Crippen LogP contribution < -0.4 is 4.72 Å². The number of hydrogen-bond acceptors (Lipinski definition) is 2. The van der Waals surface area contributed by atoms with Crippen molar-refractivity contribution in [1.29, 1.82) is 0 Å². The van der Waals surface area contributed by atoms with E-state index < -0.39 is 38.8 Å². The summed E-state index contributed by atoms with van der Waals surface area (Å²) >= 11 is 10.2. The summed E-state index contributed by atoms with van der Waals surface area (Å²) in [5, 5.41) is 0.0796. The first-order valence-corrected chi connectivity index (χ1v) is 10.1. The van der Waals surface area contributed by atoms with Gasteiger partial charge >= 0.3 is 0 Å². The van der Waals surface area contributed by atoms with E-state index in [4.69, 9.17) is 23.2 Å². The van der Waals surface area contributed by atoms with Gasteiger partial charge in [-0.3, -0.25) is 0 Å². The molecule has 0 aromatic heterocycles. The summed E-state index contributed by atoms with van der Waals surface area (Å²) < 4.78 is 43.0. The van der Waals surface area contributed by atoms with Crippen LogP contribution >= 0.6 is 23.2 Å². The second-order valence-corrected chi connectivity index (χ2v) is 9.79. The van der Waals surface area contributed by atoms with Gasteiger partial charge in [-0.25, -0.2) is 8.78 Å². The third-order valence-corrected chi connectivity index (χ3v) is 6.09. The molecule has 0 saturated carbocycles. The van der Waals surface area contributed by atoms with E-state index in [9.17, 15) is 13.3 Å². The summed E-state index contributed by atoms with van der Waals surface area (Å²) in [5.41, 5.74) is 1.21. The third kappa shape index (κ3) is 5.57. The summed E-state index contributed by atoms with van der Waals surface area (Å²) in [7, 11) is 0. The Hall–Kier alpha value is -0.850. The monoisotopic (exact) mass is 419 g/mol. The summed E-state index contributed by atoms with van der Waals surface area (Å²) in [5.74, 6) is -1.65. The topological polar surface area (TPSA) is 35.1 Å². The smallest absolute Gasteiger partial charge is 0.149 e. The molecule has 1 N–H and O–H groups in total. The van der Waals surface area contributed by atoms with E-state index in [1.807, 2.05) is 32.9 Å². The Bertz CT molecular complexity index is 750. The van der Waals surface area contributed by atoms with Gasteiger partial charge in [-0.1, -0.05) is 41.4 Å². The van der Waals surface area contributed by atoms with E-state index in [0.29, 0.717) is 17.9 Å². The first-order valence-electron chi connectivity index (χ1n) is 8.15. The van der Waals surface area contributed by atoms with Gasteiger partial charge in [0.15, 0.2) is 0 Å². The van der Waals surface area contributed by atoms with Gasteiger partial charge in [0, 0.05) is 21.9 Å². The van der Waals surface area contributed by atoms with Crippen molar-refractivity contribution in [1.82, 2.24) is 4.72 Å². The van der Waals surface area contributed by atoms with Crippen molar-refractivity contribution in [3.63, 3.8) is 0 Å². The molecule has 2 aromatic rings. The lowest BCUT2D eigenvalue weighted by molar-refractivity contribution is 0.493. The molecule has 2 aromatic carbocycles. The van der Waals surface area contributed by atoms with Crippen LogP contribution in [0.25, 0.3) is 0 Å². The molecule has 142 valence electrons. The molecule has 2 nitrogen and oxygen atoms in total. The largest absolute Gasteiger partial charge is 0.598 e. The highest BCUT2D eigenvalue weighted by Gasteiger charge is 2.31. The molecule has 0 bridgehead atoms. The van der Waals surface area contributed by atoms with Crippen molar-refractivity contribution in [3.05, 3.63) is 69.2 Å². The Balaban J connectivity index is 2.26. The maximum atomic E-state index is 14.5. The number of halogens is 4. The van der Waals surface area contributed by atoms with Gasteiger partial charge in [0.05, 0.1) is 6.04 Å². The Morgan fingerprint density at radius 2 is 1.69 bits per heavy atom. The van der Waals surface area contributed by atoms with Crippen LogP contribution in [0.15, 0.2) is 36.4 Å². The highest BCUT2D eigenvalue weighted by atomic mass is 35.5. The zero-order valence-corrected chi connectivity index (χ0v) is 17.1. The van der Waals surface area contributed by atoms with E-state index in [2.05, 4.69) is 4.72 Å². The molecule has 0 spiro atoms. The lowest BCUT2D eigenvalue weighted by Crippen LogP contribution is -2.41. The molecular formula is C19H21Cl2F2NOS. The first-order chi connectivity index (χ1) is 12.1. The fourth-order valence-corrected chi connectivity index (χ4v) is 3.51. The van der Waals surface area contributed by atoms with Crippen molar-refractivity contribution < 1.29 is 13.3 Å². The summed E-state index contributed by atoms with van der Waals surface area (Å²) in [4.78, 5) is 0. The summed E-state index contributed by atoms with van der Waals surface area (Å²) in [6.45, 7) is 5.46. The zero-order valence-electron chi connectivity index (χ0n) is 14.8. The predicted molar refractivity (Wildman–Crippen MR) is 105 cm³/mol. The molecule has 7 heteroatoms. The van der Waals surface area contributed by atoms with E-state index in [0.717, 1.165) is 11.6 Å². The van der Waals surface area contributed by atoms with Crippen LogP contribution in [-0.4, -0.2) is 9.30 Å². The van der Waals surface area contributed by atoms with Crippen LogP contribution in [0.3, 0.4) is 0 Å². The molecule has 0 amide bonds. The van der Waals surface area contributed by atoms with Crippen LogP contribution in [0.4, 0.5) is 8.78 Å². The van der Waals surface area contributed by atoms with Gasteiger partial charge in [-0.2, -0.15) is 0 Å². The number of benzene rings is 2. The quantitative estimate of drug-likeness (QED) is 0.460. The number of rotatable bonds is 6. The number of nitrogens with one attached hydrogen (secondary N) is 1. The summed E-state index contributed by atoms with van der Waals surface area (Å²) in [6, 6.07) is 9.21. The molecule has 2 unspecified atom stereocenters. The minimum atomic E-state index is -1.42. The maximum Gasteiger partial charge on any atom is 0.149 e. The SMILES string of the molecule is CC(C)(C)[S+]([O-])NC(CCc1ccc(Cl)cc1)c1ccc(F)c(Cl)c1F. The van der Waals surface area contributed by atoms with E-state index in [1.165, 1.54) is 6.07 Å². The molecule has 0 saturated heterocycles. The van der Waals surface area contributed by atoms with E-state index in [-0.39, 0.29) is 5.56 Å². The first kappa shape index (κ1) is 21.5. The number of hydrogen-bond donors (Lipinski definition) is 1. The highest BCUT2D eigenvalue weighted by molar-refractivity contribution is 7.90. The molecule has 0 aliphatic rings. The van der Waals surface area contributed by atoms with Gasteiger partial charge in [0.2, 0.25) is 0 Å². The molecule has 0 heterocycles. The lowest BCUT2D eigenvalue weighted by atomic mass is 9.99. The lowest BCUT2D eigenvalue weighted by Gasteiger charge is -2.28. The molecule has 26 heavy (non-hydrogen) atoms. The average molecular weight is 420 g/mol. The van der Waals surface area contributed by atoms with Crippen LogP contribution in [0.2, 0.25) is 10.0 Å². The van der Waals surface area contributed by atoms with Gasteiger partial charge in [0.25, 0.3) is 0 Å². The minimum absolute atomic E-state index is 0.197. The second-order valence-electron chi connectivity index (χ2n) is 6.98. The van der Waals surface area contributed by atoms with Gasteiger partial charge in [0.1, 0.15) is 21.4 Å². The highest BCUT2D eigenvalue weighted by Crippen LogP contribution is 2.30. The Morgan fingerprint density at radius 3 is 2.27 bits per heavy atom. The normalized spacial score (nSPS) is 14.3. The molecule has 2 atom stereocenters. The van der Waals surface area contributed by atoms with Gasteiger partial charge in [-0.15, -0.1) is 4.72 Å². The molecule has 0 fully saturated rings. The summed E-state index contributed by atoms with van der Waals surface area (Å²) in [6.07, 6.45) is 1.06. The molecular weight excluding hydrogens is 399 g/mol. The maximum absolute atomic E-state index is 14.5. The third-order valence-electron chi connectivity index (χ3n) is 3.88. The van der Waals surface area contributed by atoms with Crippen molar-refractivity contribution in [2.75, 3.05) is 0 Å². The Morgan fingerprint density at radius 1 is 1.08 bits per heavy atom. The molecule has 2 rings (SSSR count). The molecule has 0 radical (unpaired) electrons. The zero-order chi connectivity index (χ0) is 19.5. The Labute approximate surface area is 166 Å². The Kier molecular flexibility index (Phi) is 7.34. The van der Waals surface area contributed by atoms with Crippen molar-refractivity contribution in [2.24, 2.45) is 0 Å². The second kappa shape index (κ2) is 8.89. The molecule has 0 aliphatic heterocycles. The average Bonchev–Trinajstić information content (AvgIpc) is 2.57. The van der Waals surface area contributed by atoms with Crippen LogP contribution in [0.1, 0.15) is 44.4 Å². The van der Waals surface area contributed by atoms with Gasteiger partial charge in [-0.05, 0) is 57.4 Å².